The van der Waals surface area contributed by atoms with Crippen LogP contribution in [-0.4, -0.2) is 44.8 Å². The Morgan fingerprint density at radius 1 is 1.09 bits per heavy atom. The van der Waals surface area contributed by atoms with Crippen LogP contribution in [0.25, 0.3) is 0 Å². The number of urea groups is 1. The standard InChI is InChI=1S/C22H18N4O5S/c27-18(25-21-23-15(12-32-21)20(29)30)16(11-13-7-3-1-4-8-13)26-19(28)17(24-22(26)31)14-9-5-2-6-10-14/h1-10,12,16-17H,11H2,(H,24,31)(H,29,30)(H,23,25,27). The maximum atomic E-state index is 13.2. The number of hydrogen-bond donors (Lipinski definition) is 3. The first kappa shape index (κ1) is 21.2. The molecule has 1 aromatic heterocycles. The Hall–Kier alpha value is -4.05. The van der Waals surface area contributed by atoms with Crippen LogP contribution in [0.5, 0.6) is 0 Å². The van der Waals surface area contributed by atoms with Gasteiger partial charge in [-0.2, -0.15) is 0 Å². The van der Waals surface area contributed by atoms with E-state index in [4.69, 9.17) is 5.11 Å². The predicted molar refractivity (Wildman–Crippen MR) is 116 cm³/mol. The lowest BCUT2D eigenvalue weighted by Gasteiger charge is -2.24. The number of nitrogens with one attached hydrogen (secondary N) is 2. The average Bonchev–Trinajstić information content (AvgIpc) is 3.38. The van der Waals surface area contributed by atoms with Crippen LogP contribution in [0.4, 0.5) is 9.93 Å². The fraction of sp³-hybridized carbons (Fsp3) is 0.136. The number of carbonyl (C=O) groups excluding carboxylic acids is 3. The second kappa shape index (κ2) is 8.98. The highest BCUT2D eigenvalue weighted by Gasteiger charge is 2.45. The summed E-state index contributed by atoms with van der Waals surface area (Å²) in [4.78, 5) is 54.9. The molecule has 32 heavy (non-hydrogen) atoms. The third-order valence-electron chi connectivity index (χ3n) is 4.94. The van der Waals surface area contributed by atoms with Gasteiger partial charge in [0.25, 0.3) is 5.91 Å². The molecule has 1 saturated heterocycles. The molecule has 162 valence electrons. The number of thiazole rings is 1. The molecule has 0 spiro atoms. The molecule has 0 bridgehead atoms. The van der Waals surface area contributed by atoms with E-state index in [9.17, 15) is 19.2 Å². The number of rotatable bonds is 7. The van der Waals surface area contributed by atoms with E-state index in [1.165, 1.54) is 5.38 Å². The first-order valence-corrected chi connectivity index (χ1v) is 10.5. The maximum absolute atomic E-state index is 13.2. The van der Waals surface area contributed by atoms with Crippen molar-refractivity contribution in [2.45, 2.75) is 18.5 Å². The van der Waals surface area contributed by atoms with Crippen molar-refractivity contribution in [3.63, 3.8) is 0 Å². The Labute approximate surface area is 186 Å². The SMILES string of the molecule is O=C(O)c1csc(NC(=O)C(Cc2ccccc2)N2C(=O)NC(c3ccccc3)C2=O)n1. The molecule has 1 fully saturated rings. The lowest BCUT2D eigenvalue weighted by molar-refractivity contribution is -0.134. The molecule has 2 aromatic carbocycles. The molecule has 3 aromatic rings. The zero-order chi connectivity index (χ0) is 22.7. The molecule has 0 aliphatic carbocycles. The Morgan fingerprint density at radius 3 is 2.38 bits per heavy atom. The molecular weight excluding hydrogens is 432 g/mol. The first-order chi connectivity index (χ1) is 15.4. The number of aromatic nitrogens is 1. The number of aromatic carboxylic acids is 1. The van der Waals surface area contributed by atoms with Crippen molar-refractivity contribution in [2.75, 3.05) is 5.32 Å². The summed E-state index contributed by atoms with van der Waals surface area (Å²) in [5.74, 6) is -2.40. The van der Waals surface area contributed by atoms with Crippen molar-refractivity contribution >= 4 is 40.3 Å². The minimum atomic E-state index is -1.22. The van der Waals surface area contributed by atoms with Crippen molar-refractivity contribution in [3.05, 3.63) is 82.9 Å². The van der Waals surface area contributed by atoms with Gasteiger partial charge in [0, 0.05) is 11.8 Å². The zero-order valence-electron chi connectivity index (χ0n) is 16.6. The molecule has 10 heteroatoms. The summed E-state index contributed by atoms with van der Waals surface area (Å²) < 4.78 is 0. The molecule has 1 aliphatic rings. The third kappa shape index (κ3) is 4.35. The molecule has 2 unspecified atom stereocenters. The lowest BCUT2D eigenvalue weighted by Crippen LogP contribution is -2.49. The van der Waals surface area contributed by atoms with E-state index in [0.717, 1.165) is 21.8 Å². The molecule has 9 nitrogen and oxygen atoms in total. The van der Waals surface area contributed by atoms with Crippen LogP contribution in [0.15, 0.2) is 66.0 Å². The van der Waals surface area contributed by atoms with E-state index < -0.39 is 35.9 Å². The second-order valence-corrected chi connectivity index (χ2v) is 7.90. The molecule has 2 heterocycles. The zero-order valence-corrected chi connectivity index (χ0v) is 17.4. The molecule has 1 aliphatic heterocycles. The number of benzene rings is 2. The maximum Gasteiger partial charge on any atom is 0.355 e. The average molecular weight is 450 g/mol. The highest BCUT2D eigenvalue weighted by Crippen LogP contribution is 2.26. The van der Waals surface area contributed by atoms with E-state index in [1.807, 2.05) is 6.07 Å². The van der Waals surface area contributed by atoms with E-state index in [-0.39, 0.29) is 17.2 Å². The summed E-state index contributed by atoms with van der Waals surface area (Å²) in [6.07, 6.45) is 0.0878. The van der Waals surface area contributed by atoms with Crippen molar-refractivity contribution in [1.82, 2.24) is 15.2 Å². The van der Waals surface area contributed by atoms with Gasteiger partial charge in [0.2, 0.25) is 5.91 Å². The van der Waals surface area contributed by atoms with Gasteiger partial charge in [0.15, 0.2) is 10.8 Å². The highest BCUT2D eigenvalue weighted by atomic mass is 32.1. The quantitative estimate of drug-likeness (QED) is 0.475. The van der Waals surface area contributed by atoms with Gasteiger partial charge < -0.3 is 15.7 Å². The number of imide groups is 1. The Bertz CT molecular complexity index is 1170. The van der Waals surface area contributed by atoms with Crippen LogP contribution < -0.4 is 10.6 Å². The van der Waals surface area contributed by atoms with Crippen molar-refractivity contribution in [1.29, 1.82) is 0 Å². The summed E-state index contributed by atoms with van der Waals surface area (Å²) in [6, 6.07) is 15.0. The molecule has 3 N–H and O–H groups in total. The Morgan fingerprint density at radius 2 is 1.75 bits per heavy atom. The predicted octanol–water partition coefficient (Wildman–Crippen LogP) is 2.68. The van der Waals surface area contributed by atoms with Gasteiger partial charge in [-0.1, -0.05) is 60.7 Å². The van der Waals surface area contributed by atoms with Gasteiger partial charge in [-0.25, -0.2) is 19.5 Å². The molecule has 2 atom stereocenters. The van der Waals surface area contributed by atoms with Gasteiger partial charge in [0.05, 0.1) is 0 Å². The van der Waals surface area contributed by atoms with Crippen LogP contribution in [0.1, 0.15) is 27.7 Å². The molecule has 0 radical (unpaired) electrons. The van der Waals surface area contributed by atoms with Gasteiger partial charge in [-0.05, 0) is 11.1 Å². The smallest absolute Gasteiger partial charge is 0.355 e. The summed E-state index contributed by atoms with van der Waals surface area (Å²) in [5, 5.41) is 15.6. The van der Waals surface area contributed by atoms with Crippen LogP contribution in [0.3, 0.4) is 0 Å². The molecule has 0 saturated carbocycles. The van der Waals surface area contributed by atoms with Crippen LogP contribution in [0.2, 0.25) is 0 Å². The van der Waals surface area contributed by atoms with Gasteiger partial charge in [-0.15, -0.1) is 11.3 Å². The Balaban J connectivity index is 1.62. The highest BCUT2D eigenvalue weighted by molar-refractivity contribution is 7.14. The largest absolute Gasteiger partial charge is 0.476 e. The van der Waals surface area contributed by atoms with Gasteiger partial charge >= 0.3 is 12.0 Å². The number of amides is 4. The van der Waals surface area contributed by atoms with E-state index in [0.29, 0.717) is 5.56 Å². The minimum Gasteiger partial charge on any atom is -0.476 e. The second-order valence-electron chi connectivity index (χ2n) is 7.04. The monoisotopic (exact) mass is 450 g/mol. The summed E-state index contributed by atoms with van der Waals surface area (Å²) in [5.41, 5.74) is 1.16. The molecular formula is C22H18N4O5S. The summed E-state index contributed by atoms with van der Waals surface area (Å²) in [6.45, 7) is 0. The van der Waals surface area contributed by atoms with Crippen LogP contribution in [-0.2, 0) is 16.0 Å². The van der Waals surface area contributed by atoms with E-state index in [2.05, 4.69) is 15.6 Å². The lowest BCUT2D eigenvalue weighted by atomic mass is 10.0. The molecule has 4 rings (SSSR count). The number of hydrogen-bond acceptors (Lipinski definition) is 6. The van der Waals surface area contributed by atoms with Crippen molar-refractivity contribution in [2.24, 2.45) is 0 Å². The number of carboxylic acids is 1. The van der Waals surface area contributed by atoms with Crippen molar-refractivity contribution in [3.8, 4) is 0 Å². The fourth-order valence-corrected chi connectivity index (χ4v) is 4.10. The van der Waals surface area contributed by atoms with Crippen LogP contribution in [0, 0.1) is 0 Å². The minimum absolute atomic E-state index is 0.0668. The summed E-state index contributed by atoms with van der Waals surface area (Å²) in [7, 11) is 0. The fourth-order valence-electron chi connectivity index (χ4n) is 3.42. The third-order valence-corrected chi connectivity index (χ3v) is 5.70. The van der Waals surface area contributed by atoms with Crippen molar-refractivity contribution < 1.29 is 24.3 Å². The summed E-state index contributed by atoms with van der Waals surface area (Å²) >= 11 is 0.944. The number of carbonyl (C=O) groups is 4. The number of carboxylic acid groups (broad SMARTS) is 1. The first-order valence-electron chi connectivity index (χ1n) is 9.66. The van der Waals surface area contributed by atoms with E-state index >= 15 is 0 Å². The topological polar surface area (TPSA) is 129 Å². The van der Waals surface area contributed by atoms with Crippen LogP contribution >= 0.6 is 11.3 Å². The van der Waals surface area contributed by atoms with Gasteiger partial charge in [0.1, 0.15) is 12.1 Å². The van der Waals surface area contributed by atoms with E-state index in [1.54, 1.807) is 54.6 Å². The Kier molecular flexibility index (Phi) is 5.95. The normalized spacial score (nSPS) is 16.5. The number of nitrogens with zero attached hydrogens (tertiary/aromatic N) is 2. The molecule has 4 amide bonds. The van der Waals surface area contributed by atoms with Gasteiger partial charge in [-0.3, -0.25) is 9.59 Å². The number of anilines is 1.